The van der Waals surface area contributed by atoms with Crippen LogP contribution in [-0.4, -0.2) is 111 Å². The lowest BCUT2D eigenvalue weighted by molar-refractivity contribution is -0.141. The van der Waals surface area contributed by atoms with Gasteiger partial charge in [-0.25, -0.2) is 0 Å². The molecule has 3 fully saturated rings. The average molecular weight is 338 g/mol. The zero-order valence-corrected chi connectivity index (χ0v) is 15.7. The van der Waals surface area contributed by atoms with Gasteiger partial charge in [0.05, 0.1) is 12.5 Å². The first-order valence-electron chi connectivity index (χ1n) is 9.44. The van der Waals surface area contributed by atoms with Crippen molar-refractivity contribution in [1.82, 2.24) is 19.6 Å². The molecule has 3 saturated heterocycles. The highest BCUT2D eigenvalue weighted by atomic mass is 16.5. The van der Waals surface area contributed by atoms with Gasteiger partial charge in [-0.2, -0.15) is 0 Å². The van der Waals surface area contributed by atoms with E-state index in [1.165, 1.54) is 12.8 Å². The fraction of sp³-hybridized carbons (Fsp3) is 0.944. The smallest absolute Gasteiger partial charge is 0.227 e. The number of hydrogen-bond acceptors (Lipinski definition) is 5. The van der Waals surface area contributed by atoms with Gasteiger partial charge in [-0.05, 0) is 53.0 Å². The van der Waals surface area contributed by atoms with Gasteiger partial charge < -0.3 is 19.4 Å². The molecule has 3 aliphatic heterocycles. The number of piperazine rings is 1. The Kier molecular flexibility index (Phi) is 5.80. The van der Waals surface area contributed by atoms with Crippen LogP contribution < -0.4 is 0 Å². The molecule has 24 heavy (non-hydrogen) atoms. The van der Waals surface area contributed by atoms with Gasteiger partial charge in [0.25, 0.3) is 0 Å². The van der Waals surface area contributed by atoms with Gasteiger partial charge in [0.1, 0.15) is 0 Å². The Labute approximate surface area is 146 Å². The summed E-state index contributed by atoms with van der Waals surface area (Å²) < 4.78 is 5.16. The molecule has 3 rings (SSSR count). The molecular formula is C18H34N4O2. The molecule has 1 spiro atoms. The molecule has 6 nitrogen and oxygen atoms in total. The van der Waals surface area contributed by atoms with Gasteiger partial charge in [0.15, 0.2) is 0 Å². The summed E-state index contributed by atoms with van der Waals surface area (Å²) in [5.74, 6) is 0.579. The topological polar surface area (TPSA) is 39.3 Å². The summed E-state index contributed by atoms with van der Waals surface area (Å²) in [5.41, 5.74) is 0.203. The maximum atomic E-state index is 13.1. The average Bonchev–Trinajstić information content (AvgIpc) is 3.06. The Morgan fingerprint density at radius 3 is 2.58 bits per heavy atom. The highest BCUT2D eigenvalue weighted by Crippen LogP contribution is 2.32. The molecule has 1 amide bonds. The minimum absolute atomic E-state index is 0.188. The van der Waals surface area contributed by atoms with Crippen molar-refractivity contribution in [3.63, 3.8) is 0 Å². The number of amides is 1. The van der Waals surface area contributed by atoms with Crippen molar-refractivity contribution >= 4 is 5.91 Å². The number of ether oxygens (including phenoxy) is 1. The second-order valence-electron chi connectivity index (χ2n) is 7.99. The van der Waals surface area contributed by atoms with Crippen LogP contribution in [0, 0.1) is 5.92 Å². The predicted octanol–water partition coefficient (Wildman–Crippen LogP) is 0.193. The van der Waals surface area contributed by atoms with Crippen LogP contribution in [0.2, 0.25) is 0 Å². The molecule has 0 aromatic rings. The van der Waals surface area contributed by atoms with Crippen molar-refractivity contribution in [2.24, 2.45) is 5.92 Å². The van der Waals surface area contributed by atoms with Crippen LogP contribution >= 0.6 is 0 Å². The van der Waals surface area contributed by atoms with Crippen molar-refractivity contribution in [2.75, 3.05) is 80.2 Å². The Bertz CT molecular complexity index is 437. The molecule has 6 heteroatoms. The number of nitrogens with zero attached hydrogens (tertiary/aromatic N) is 4. The number of piperidine rings is 1. The first kappa shape index (κ1) is 18.1. The third-order valence-corrected chi connectivity index (χ3v) is 6.46. The number of likely N-dealkylation sites (N-methyl/N-ethyl adjacent to an activating group) is 1. The van der Waals surface area contributed by atoms with Crippen LogP contribution in [0.25, 0.3) is 0 Å². The first-order chi connectivity index (χ1) is 11.5. The molecule has 138 valence electrons. The highest BCUT2D eigenvalue weighted by Gasteiger charge is 2.44. The number of carbonyl (C=O) groups is 1. The minimum Gasteiger partial charge on any atom is -0.383 e. The van der Waals surface area contributed by atoms with E-state index >= 15 is 0 Å². The van der Waals surface area contributed by atoms with Gasteiger partial charge in [-0.3, -0.25) is 9.69 Å². The van der Waals surface area contributed by atoms with Gasteiger partial charge >= 0.3 is 0 Å². The Hall–Kier alpha value is -0.690. The summed E-state index contributed by atoms with van der Waals surface area (Å²) in [6.45, 7) is 8.74. The summed E-state index contributed by atoms with van der Waals surface area (Å²) in [4.78, 5) is 22.5. The third-order valence-electron chi connectivity index (χ3n) is 6.46. The maximum Gasteiger partial charge on any atom is 0.227 e. The molecule has 0 saturated carbocycles. The van der Waals surface area contributed by atoms with Crippen LogP contribution in [0.15, 0.2) is 0 Å². The standard InChI is InChI=1S/C18H34N4O2/c1-19-8-5-18(6-9-19)15-22(11-10-20(18)2)17(23)16-4-7-21(14-16)12-13-24-3/h16H,4-15H2,1-3H3/t16-/m1/s1. The lowest BCUT2D eigenvalue weighted by Gasteiger charge is -2.53. The second kappa shape index (κ2) is 7.68. The van der Waals surface area contributed by atoms with Gasteiger partial charge in [0.2, 0.25) is 5.91 Å². The van der Waals surface area contributed by atoms with Crippen LogP contribution in [-0.2, 0) is 9.53 Å². The largest absolute Gasteiger partial charge is 0.383 e. The van der Waals surface area contributed by atoms with Crippen molar-refractivity contribution in [1.29, 1.82) is 0 Å². The summed E-state index contributed by atoms with van der Waals surface area (Å²) >= 11 is 0. The molecule has 0 N–H and O–H groups in total. The Morgan fingerprint density at radius 2 is 1.88 bits per heavy atom. The minimum atomic E-state index is 0.188. The van der Waals surface area contributed by atoms with E-state index in [4.69, 9.17) is 4.74 Å². The number of rotatable bonds is 4. The second-order valence-corrected chi connectivity index (χ2v) is 7.99. The Balaban J connectivity index is 1.58. The molecule has 3 heterocycles. The van der Waals surface area contributed by atoms with Crippen LogP contribution in [0.1, 0.15) is 19.3 Å². The van der Waals surface area contributed by atoms with Crippen LogP contribution in [0.4, 0.5) is 0 Å². The SMILES string of the molecule is COCCN1CC[C@@H](C(=O)N2CCN(C)C3(CCN(C)CC3)C2)C1. The summed E-state index contributed by atoms with van der Waals surface area (Å²) in [6.07, 6.45) is 3.35. The monoisotopic (exact) mass is 338 g/mol. The van der Waals surface area contributed by atoms with Gasteiger partial charge in [0, 0.05) is 45.4 Å². The summed E-state index contributed by atoms with van der Waals surface area (Å²) in [7, 11) is 6.19. The number of methoxy groups -OCH3 is 1. The van der Waals surface area contributed by atoms with Gasteiger partial charge in [-0.15, -0.1) is 0 Å². The number of likely N-dealkylation sites (tertiary alicyclic amines) is 2. The van der Waals surface area contributed by atoms with E-state index in [1.807, 2.05) is 0 Å². The molecule has 0 aromatic carbocycles. The zero-order valence-electron chi connectivity index (χ0n) is 15.7. The summed E-state index contributed by atoms with van der Waals surface area (Å²) in [5, 5.41) is 0. The molecule has 0 bridgehead atoms. The van der Waals surface area contributed by atoms with Crippen molar-refractivity contribution in [3.8, 4) is 0 Å². The summed E-state index contributed by atoms with van der Waals surface area (Å²) in [6, 6.07) is 0. The molecule has 0 aliphatic carbocycles. The van der Waals surface area contributed by atoms with Crippen LogP contribution in [0.5, 0.6) is 0 Å². The van der Waals surface area contributed by atoms with Gasteiger partial charge in [-0.1, -0.05) is 0 Å². The van der Waals surface area contributed by atoms with E-state index in [9.17, 15) is 4.79 Å². The van der Waals surface area contributed by atoms with E-state index in [2.05, 4.69) is 33.7 Å². The normalized spacial score (nSPS) is 29.5. The highest BCUT2D eigenvalue weighted by molar-refractivity contribution is 5.79. The molecule has 1 atom stereocenters. The fourth-order valence-corrected chi connectivity index (χ4v) is 4.54. The Morgan fingerprint density at radius 1 is 1.12 bits per heavy atom. The third kappa shape index (κ3) is 3.77. The quantitative estimate of drug-likeness (QED) is 0.732. The van der Waals surface area contributed by atoms with Crippen LogP contribution in [0.3, 0.4) is 0 Å². The molecule has 0 unspecified atom stereocenters. The number of carbonyl (C=O) groups excluding carboxylic acids is 1. The fourth-order valence-electron chi connectivity index (χ4n) is 4.54. The lowest BCUT2D eigenvalue weighted by atomic mass is 9.83. The van der Waals surface area contributed by atoms with E-state index in [-0.39, 0.29) is 11.5 Å². The van der Waals surface area contributed by atoms with E-state index < -0.39 is 0 Å². The molecule has 3 aliphatic rings. The van der Waals surface area contributed by atoms with E-state index in [0.717, 1.165) is 65.4 Å². The van der Waals surface area contributed by atoms with E-state index in [0.29, 0.717) is 5.91 Å². The van der Waals surface area contributed by atoms with E-state index in [1.54, 1.807) is 7.11 Å². The molecule has 0 radical (unpaired) electrons. The predicted molar refractivity (Wildman–Crippen MR) is 95.1 cm³/mol. The van der Waals surface area contributed by atoms with Crippen molar-refractivity contribution in [2.45, 2.75) is 24.8 Å². The lowest BCUT2D eigenvalue weighted by Crippen LogP contribution is -2.65. The van der Waals surface area contributed by atoms with Crippen molar-refractivity contribution < 1.29 is 9.53 Å². The zero-order chi connectivity index (χ0) is 17.2. The molecular weight excluding hydrogens is 304 g/mol. The molecule has 0 aromatic heterocycles. The first-order valence-corrected chi connectivity index (χ1v) is 9.44. The van der Waals surface area contributed by atoms with Crippen molar-refractivity contribution in [3.05, 3.63) is 0 Å². The number of hydrogen-bond donors (Lipinski definition) is 0. The maximum absolute atomic E-state index is 13.1.